The maximum atomic E-state index is 13.1. The summed E-state index contributed by atoms with van der Waals surface area (Å²) in [5.41, 5.74) is 1.88. The van der Waals surface area contributed by atoms with Gasteiger partial charge in [-0.1, -0.05) is 35.0 Å². The standard InChI is InChI=1S/C24H31BrN2O4/c1-6-17(3)26-24(29)18(4)27(14-19-8-7-9-20(13-19)30-5)23(28)15-31-21-10-11-22(25)16(2)12-21/h7-13,17-18H,6,14-15H2,1-5H3,(H,26,29). The summed E-state index contributed by atoms with van der Waals surface area (Å²) >= 11 is 3.46. The zero-order valence-electron chi connectivity index (χ0n) is 18.8. The smallest absolute Gasteiger partial charge is 0.261 e. The molecule has 2 unspecified atom stereocenters. The first kappa shape index (κ1) is 24.7. The first-order chi connectivity index (χ1) is 14.7. The third-order valence-corrected chi connectivity index (χ3v) is 6.04. The van der Waals surface area contributed by atoms with E-state index in [0.717, 1.165) is 22.0 Å². The zero-order chi connectivity index (χ0) is 23.0. The molecule has 0 saturated carbocycles. The van der Waals surface area contributed by atoms with Gasteiger partial charge in [0, 0.05) is 17.1 Å². The number of benzene rings is 2. The topological polar surface area (TPSA) is 67.9 Å². The summed E-state index contributed by atoms with van der Waals surface area (Å²) in [6.45, 7) is 7.75. The highest BCUT2D eigenvalue weighted by atomic mass is 79.9. The predicted octanol–water partition coefficient (Wildman–Crippen LogP) is 4.48. The molecular weight excluding hydrogens is 460 g/mol. The highest BCUT2D eigenvalue weighted by Crippen LogP contribution is 2.22. The van der Waals surface area contributed by atoms with E-state index in [1.807, 2.05) is 57.2 Å². The summed E-state index contributed by atoms with van der Waals surface area (Å²) in [7, 11) is 1.60. The van der Waals surface area contributed by atoms with Crippen molar-refractivity contribution in [1.82, 2.24) is 10.2 Å². The van der Waals surface area contributed by atoms with Crippen LogP contribution < -0.4 is 14.8 Å². The Hall–Kier alpha value is -2.54. The summed E-state index contributed by atoms with van der Waals surface area (Å²) in [5, 5.41) is 2.96. The van der Waals surface area contributed by atoms with Crippen LogP contribution in [-0.4, -0.2) is 42.5 Å². The molecule has 1 N–H and O–H groups in total. The molecule has 2 amide bonds. The number of hydrogen-bond donors (Lipinski definition) is 1. The quantitative estimate of drug-likeness (QED) is 0.533. The van der Waals surface area contributed by atoms with Crippen molar-refractivity contribution in [1.29, 1.82) is 0 Å². The number of rotatable bonds is 10. The van der Waals surface area contributed by atoms with E-state index in [9.17, 15) is 9.59 Å². The lowest BCUT2D eigenvalue weighted by atomic mass is 10.1. The van der Waals surface area contributed by atoms with Crippen LogP contribution in [0, 0.1) is 6.92 Å². The molecule has 6 nitrogen and oxygen atoms in total. The number of nitrogens with one attached hydrogen (secondary N) is 1. The van der Waals surface area contributed by atoms with Gasteiger partial charge in [-0.15, -0.1) is 0 Å². The lowest BCUT2D eigenvalue weighted by Crippen LogP contribution is -2.50. The van der Waals surface area contributed by atoms with Gasteiger partial charge >= 0.3 is 0 Å². The molecular formula is C24H31BrN2O4. The van der Waals surface area contributed by atoms with Crippen molar-refractivity contribution in [2.75, 3.05) is 13.7 Å². The highest BCUT2D eigenvalue weighted by molar-refractivity contribution is 9.10. The van der Waals surface area contributed by atoms with E-state index in [1.165, 1.54) is 4.90 Å². The molecule has 0 spiro atoms. The Morgan fingerprint density at radius 2 is 1.87 bits per heavy atom. The third-order valence-electron chi connectivity index (χ3n) is 5.15. The largest absolute Gasteiger partial charge is 0.497 e. The van der Waals surface area contributed by atoms with Gasteiger partial charge in [-0.2, -0.15) is 0 Å². The Kier molecular flexibility index (Phi) is 9.37. The predicted molar refractivity (Wildman–Crippen MR) is 125 cm³/mol. The maximum absolute atomic E-state index is 13.1. The van der Waals surface area contributed by atoms with E-state index in [0.29, 0.717) is 11.5 Å². The summed E-state index contributed by atoms with van der Waals surface area (Å²) in [4.78, 5) is 27.4. The summed E-state index contributed by atoms with van der Waals surface area (Å²) in [6.07, 6.45) is 0.814. The Labute approximate surface area is 193 Å². The van der Waals surface area contributed by atoms with Gasteiger partial charge in [-0.05, 0) is 68.7 Å². The number of hydrogen-bond acceptors (Lipinski definition) is 4. The van der Waals surface area contributed by atoms with E-state index in [1.54, 1.807) is 20.1 Å². The first-order valence-corrected chi connectivity index (χ1v) is 11.2. The Balaban J connectivity index is 2.18. The number of carbonyl (C=O) groups is 2. The fourth-order valence-electron chi connectivity index (χ4n) is 2.95. The second-order valence-corrected chi connectivity index (χ2v) is 8.42. The Morgan fingerprint density at radius 1 is 1.13 bits per heavy atom. The second kappa shape index (κ2) is 11.7. The highest BCUT2D eigenvalue weighted by Gasteiger charge is 2.27. The van der Waals surface area contributed by atoms with Crippen molar-refractivity contribution < 1.29 is 19.1 Å². The molecule has 0 aliphatic heterocycles. The van der Waals surface area contributed by atoms with Crippen LogP contribution in [0.5, 0.6) is 11.5 Å². The Morgan fingerprint density at radius 3 is 2.52 bits per heavy atom. The number of carbonyl (C=O) groups excluding carboxylic acids is 2. The number of halogens is 1. The molecule has 0 aliphatic carbocycles. The summed E-state index contributed by atoms with van der Waals surface area (Å²) in [6, 6.07) is 12.4. The van der Waals surface area contributed by atoms with Crippen LogP contribution in [0.3, 0.4) is 0 Å². The van der Waals surface area contributed by atoms with Crippen molar-refractivity contribution in [3.05, 3.63) is 58.1 Å². The molecule has 0 radical (unpaired) electrons. The van der Waals surface area contributed by atoms with Gasteiger partial charge in [-0.3, -0.25) is 9.59 Å². The summed E-state index contributed by atoms with van der Waals surface area (Å²) < 4.78 is 12.0. The molecule has 2 atom stereocenters. The second-order valence-electron chi connectivity index (χ2n) is 7.57. The maximum Gasteiger partial charge on any atom is 0.261 e. The van der Waals surface area contributed by atoms with Gasteiger partial charge in [0.2, 0.25) is 5.91 Å². The fourth-order valence-corrected chi connectivity index (χ4v) is 3.20. The SMILES string of the molecule is CCC(C)NC(=O)C(C)N(Cc1cccc(OC)c1)C(=O)COc1ccc(Br)c(C)c1. The van der Waals surface area contributed by atoms with E-state index < -0.39 is 6.04 Å². The van der Waals surface area contributed by atoms with Crippen LogP contribution in [-0.2, 0) is 16.1 Å². The van der Waals surface area contributed by atoms with E-state index in [-0.39, 0.29) is 31.0 Å². The summed E-state index contributed by atoms with van der Waals surface area (Å²) in [5.74, 6) is 0.843. The van der Waals surface area contributed by atoms with Gasteiger partial charge < -0.3 is 19.7 Å². The van der Waals surface area contributed by atoms with Crippen LogP contribution in [0.25, 0.3) is 0 Å². The average Bonchev–Trinajstić information content (AvgIpc) is 2.77. The van der Waals surface area contributed by atoms with Crippen molar-refractivity contribution in [3.8, 4) is 11.5 Å². The number of nitrogens with zero attached hydrogens (tertiary/aromatic N) is 1. The minimum Gasteiger partial charge on any atom is -0.497 e. The molecule has 31 heavy (non-hydrogen) atoms. The lowest BCUT2D eigenvalue weighted by molar-refractivity contribution is -0.142. The van der Waals surface area contributed by atoms with E-state index in [4.69, 9.17) is 9.47 Å². The van der Waals surface area contributed by atoms with Gasteiger partial charge in [0.1, 0.15) is 17.5 Å². The molecule has 2 aromatic rings. The molecule has 7 heteroatoms. The number of ether oxygens (including phenoxy) is 2. The van der Waals surface area contributed by atoms with Gasteiger partial charge in [-0.25, -0.2) is 0 Å². The zero-order valence-corrected chi connectivity index (χ0v) is 20.4. The minimum atomic E-state index is -0.650. The van der Waals surface area contributed by atoms with E-state index >= 15 is 0 Å². The van der Waals surface area contributed by atoms with Crippen LogP contribution >= 0.6 is 15.9 Å². The number of methoxy groups -OCH3 is 1. The molecule has 0 saturated heterocycles. The molecule has 2 rings (SSSR count). The molecule has 0 aromatic heterocycles. The molecule has 0 bridgehead atoms. The lowest BCUT2D eigenvalue weighted by Gasteiger charge is -2.29. The van der Waals surface area contributed by atoms with E-state index in [2.05, 4.69) is 21.2 Å². The monoisotopic (exact) mass is 490 g/mol. The fraction of sp³-hybridized carbons (Fsp3) is 0.417. The molecule has 168 valence electrons. The number of amides is 2. The van der Waals surface area contributed by atoms with Crippen molar-refractivity contribution in [3.63, 3.8) is 0 Å². The van der Waals surface area contributed by atoms with Gasteiger partial charge in [0.15, 0.2) is 6.61 Å². The van der Waals surface area contributed by atoms with Crippen molar-refractivity contribution >= 4 is 27.7 Å². The molecule has 0 aliphatic rings. The first-order valence-electron chi connectivity index (χ1n) is 10.4. The Bertz CT molecular complexity index is 903. The van der Waals surface area contributed by atoms with Crippen molar-refractivity contribution in [2.24, 2.45) is 0 Å². The van der Waals surface area contributed by atoms with Crippen LogP contribution in [0.1, 0.15) is 38.3 Å². The average molecular weight is 491 g/mol. The third kappa shape index (κ3) is 7.28. The molecule has 0 heterocycles. The molecule has 2 aromatic carbocycles. The van der Waals surface area contributed by atoms with Crippen molar-refractivity contribution in [2.45, 2.75) is 52.7 Å². The van der Waals surface area contributed by atoms with Gasteiger partial charge in [0.25, 0.3) is 5.91 Å². The van der Waals surface area contributed by atoms with Gasteiger partial charge in [0.05, 0.1) is 7.11 Å². The van der Waals surface area contributed by atoms with Crippen LogP contribution in [0.2, 0.25) is 0 Å². The molecule has 0 fully saturated rings. The van der Waals surface area contributed by atoms with Crippen LogP contribution in [0.15, 0.2) is 46.9 Å². The minimum absolute atomic E-state index is 0.0331. The normalized spacial score (nSPS) is 12.6. The number of aryl methyl sites for hydroxylation is 1. The van der Waals surface area contributed by atoms with Crippen LogP contribution in [0.4, 0.5) is 0 Å².